The van der Waals surface area contributed by atoms with Gasteiger partial charge in [0.2, 0.25) is 0 Å². The zero-order chi connectivity index (χ0) is 22.5. The number of carbonyl (C=O) groups excluding carboxylic acids is 1. The van der Waals surface area contributed by atoms with Gasteiger partial charge in [0, 0.05) is 56.9 Å². The van der Waals surface area contributed by atoms with E-state index in [2.05, 4.69) is 46.3 Å². The van der Waals surface area contributed by atoms with Gasteiger partial charge < -0.3 is 4.90 Å². The van der Waals surface area contributed by atoms with Crippen LogP contribution in [0, 0.1) is 0 Å². The third-order valence-electron chi connectivity index (χ3n) is 6.02. The van der Waals surface area contributed by atoms with Gasteiger partial charge in [-0.25, -0.2) is 0 Å². The molecule has 0 aliphatic carbocycles. The summed E-state index contributed by atoms with van der Waals surface area (Å²) in [5.41, 5.74) is 4.63. The molecule has 1 amide bonds. The fourth-order valence-corrected chi connectivity index (χ4v) is 4.27. The topological polar surface area (TPSA) is 54.3 Å². The Kier molecular flexibility index (Phi) is 6.26. The van der Waals surface area contributed by atoms with Crippen LogP contribution in [0.4, 0.5) is 0 Å². The maximum absolute atomic E-state index is 13.6. The van der Waals surface area contributed by atoms with E-state index in [0.717, 1.165) is 30.8 Å². The maximum Gasteiger partial charge on any atom is 0.257 e. The highest BCUT2D eigenvalue weighted by molar-refractivity contribution is 5.99. The highest BCUT2D eigenvalue weighted by Crippen LogP contribution is 2.24. The summed E-state index contributed by atoms with van der Waals surface area (Å²) < 4.78 is 1.86. The second-order valence-electron chi connectivity index (χ2n) is 8.37. The third-order valence-corrected chi connectivity index (χ3v) is 6.02. The number of hydrogen-bond donors (Lipinski definition) is 0. The van der Waals surface area contributed by atoms with Crippen molar-refractivity contribution in [2.75, 3.05) is 26.2 Å². The Labute approximate surface area is 194 Å². The first kappa shape index (κ1) is 21.1. The van der Waals surface area contributed by atoms with Crippen molar-refractivity contribution < 1.29 is 4.79 Å². The van der Waals surface area contributed by atoms with Crippen LogP contribution in [-0.4, -0.2) is 56.7 Å². The van der Waals surface area contributed by atoms with E-state index in [9.17, 15) is 4.79 Å². The molecule has 5 rings (SSSR count). The number of nitrogens with zero attached hydrogens (tertiary/aromatic N) is 5. The van der Waals surface area contributed by atoms with Gasteiger partial charge in [0.1, 0.15) is 5.69 Å². The van der Waals surface area contributed by atoms with Crippen LogP contribution < -0.4 is 0 Å². The van der Waals surface area contributed by atoms with E-state index in [1.807, 2.05) is 52.2 Å². The van der Waals surface area contributed by atoms with Gasteiger partial charge in [0.15, 0.2) is 0 Å². The molecule has 33 heavy (non-hydrogen) atoms. The molecule has 0 spiro atoms. The molecule has 1 saturated heterocycles. The Bertz CT molecular complexity index is 1180. The van der Waals surface area contributed by atoms with Crippen LogP contribution in [0.2, 0.25) is 0 Å². The molecule has 0 unspecified atom stereocenters. The largest absolute Gasteiger partial charge is 0.336 e. The molecule has 3 heterocycles. The average Bonchev–Trinajstić information content (AvgIpc) is 3.29. The summed E-state index contributed by atoms with van der Waals surface area (Å²) in [6.45, 7) is 4.68. The quantitative estimate of drug-likeness (QED) is 0.458. The molecule has 0 atom stereocenters. The molecule has 166 valence electrons. The predicted molar refractivity (Wildman–Crippen MR) is 129 cm³/mol. The van der Waals surface area contributed by atoms with E-state index in [1.54, 1.807) is 12.4 Å². The first-order valence-electron chi connectivity index (χ1n) is 11.3. The van der Waals surface area contributed by atoms with Gasteiger partial charge in [-0.3, -0.25) is 19.4 Å². The van der Waals surface area contributed by atoms with Crippen molar-refractivity contribution in [2.45, 2.75) is 13.1 Å². The van der Waals surface area contributed by atoms with Crippen LogP contribution in [-0.2, 0) is 13.1 Å². The third kappa shape index (κ3) is 5.02. The summed E-state index contributed by atoms with van der Waals surface area (Å²) in [5, 5.41) is 4.78. The lowest BCUT2D eigenvalue weighted by atomic mass is 10.1. The van der Waals surface area contributed by atoms with Crippen LogP contribution in [0.25, 0.3) is 11.3 Å². The summed E-state index contributed by atoms with van der Waals surface area (Å²) in [7, 11) is 0. The van der Waals surface area contributed by atoms with Crippen molar-refractivity contribution in [1.29, 1.82) is 0 Å². The molecule has 0 radical (unpaired) electrons. The minimum Gasteiger partial charge on any atom is -0.336 e. The van der Waals surface area contributed by atoms with E-state index in [0.29, 0.717) is 30.9 Å². The van der Waals surface area contributed by atoms with Gasteiger partial charge in [-0.2, -0.15) is 5.10 Å². The molecule has 0 bridgehead atoms. The summed E-state index contributed by atoms with van der Waals surface area (Å²) in [4.78, 5) is 22.1. The Morgan fingerprint density at radius 3 is 2.09 bits per heavy atom. The Balaban J connectivity index is 1.33. The second kappa shape index (κ2) is 9.79. The lowest BCUT2D eigenvalue weighted by Gasteiger charge is -2.34. The Morgan fingerprint density at radius 2 is 1.45 bits per heavy atom. The molecular weight excluding hydrogens is 410 g/mol. The van der Waals surface area contributed by atoms with Gasteiger partial charge >= 0.3 is 0 Å². The normalized spacial score (nSPS) is 14.4. The van der Waals surface area contributed by atoms with E-state index in [4.69, 9.17) is 5.10 Å². The van der Waals surface area contributed by atoms with Gasteiger partial charge in [0.25, 0.3) is 5.91 Å². The standard InChI is InChI=1S/C27H27N5O/c33-27(31-16-14-30(15-17-31)19-22-8-3-1-4-9-22)25-21-32(20-23-10-5-2-6-11-23)29-26(25)24-12-7-13-28-18-24/h1-13,18,21H,14-17,19-20H2. The highest BCUT2D eigenvalue weighted by atomic mass is 16.2. The fourth-order valence-electron chi connectivity index (χ4n) is 4.27. The lowest BCUT2D eigenvalue weighted by Crippen LogP contribution is -2.48. The Morgan fingerprint density at radius 1 is 0.788 bits per heavy atom. The average molecular weight is 438 g/mol. The SMILES string of the molecule is O=C(c1cn(Cc2ccccc2)nc1-c1cccnc1)N1CCN(Cc2ccccc2)CC1. The molecule has 1 aliphatic heterocycles. The van der Waals surface area contributed by atoms with Gasteiger partial charge in [-0.1, -0.05) is 60.7 Å². The minimum atomic E-state index is 0.0347. The Hall–Kier alpha value is -3.77. The van der Waals surface area contributed by atoms with Crippen molar-refractivity contribution in [2.24, 2.45) is 0 Å². The van der Waals surface area contributed by atoms with Gasteiger partial charge in [-0.05, 0) is 23.3 Å². The summed E-state index contributed by atoms with van der Waals surface area (Å²) >= 11 is 0. The van der Waals surface area contributed by atoms with E-state index in [1.165, 1.54) is 5.56 Å². The summed E-state index contributed by atoms with van der Waals surface area (Å²) in [5.74, 6) is 0.0347. The monoisotopic (exact) mass is 437 g/mol. The van der Waals surface area contributed by atoms with Crippen molar-refractivity contribution >= 4 is 5.91 Å². The number of benzene rings is 2. The smallest absolute Gasteiger partial charge is 0.257 e. The van der Waals surface area contributed by atoms with Gasteiger partial charge in [0.05, 0.1) is 12.1 Å². The number of hydrogen-bond acceptors (Lipinski definition) is 4. The molecule has 6 nitrogen and oxygen atoms in total. The van der Waals surface area contributed by atoms with Crippen molar-refractivity contribution in [3.63, 3.8) is 0 Å². The van der Waals surface area contributed by atoms with E-state index in [-0.39, 0.29) is 5.91 Å². The lowest BCUT2D eigenvalue weighted by molar-refractivity contribution is 0.0629. The summed E-state index contributed by atoms with van der Waals surface area (Å²) in [6, 6.07) is 24.5. The zero-order valence-corrected chi connectivity index (χ0v) is 18.5. The predicted octanol–water partition coefficient (Wildman–Crippen LogP) is 3.95. The van der Waals surface area contributed by atoms with Crippen LogP contribution in [0.1, 0.15) is 21.5 Å². The molecular formula is C27H27N5O. The first-order chi connectivity index (χ1) is 16.3. The summed E-state index contributed by atoms with van der Waals surface area (Å²) in [6.07, 6.45) is 5.38. The number of piperazine rings is 1. The van der Waals surface area contributed by atoms with E-state index < -0.39 is 0 Å². The van der Waals surface area contributed by atoms with Crippen molar-refractivity contribution in [3.05, 3.63) is 108 Å². The number of carbonyl (C=O) groups is 1. The number of pyridine rings is 1. The first-order valence-corrected chi connectivity index (χ1v) is 11.3. The highest BCUT2D eigenvalue weighted by Gasteiger charge is 2.26. The van der Waals surface area contributed by atoms with Crippen LogP contribution in [0.15, 0.2) is 91.4 Å². The van der Waals surface area contributed by atoms with Crippen LogP contribution in [0.5, 0.6) is 0 Å². The van der Waals surface area contributed by atoms with Gasteiger partial charge in [-0.15, -0.1) is 0 Å². The molecule has 1 aliphatic rings. The maximum atomic E-state index is 13.6. The molecule has 4 aromatic rings. The minimum absolute atomic E-state index is 0.0347. The molecule has 2 aromatic heterocycles. The van der Waals surface area contributed by atoms with Crippen molar-refractivity contribution in [3.8, 4) is 11.3 Å². The number of amides is 1. The molecule has 6 heteroatoms. The molecule has 0 saturated carbocycles. The fraction of sp³-hybridized carbons (Fsp3) is 0.222. The second-order valence-corrected chi connectivity index (χ2v) is 8.37. The van der Waals surface area contributed by atoms with E-state index >= 15 is 0 Å². The zero-order valence-electron chi connectivity index (χ0n) is 18.5. The molecule has 1 fully saturated rings. The number of aromatic nitrogens is 3. The molecule has 0 N–H and O–H groups in total. The van der Waals surface area contributed by atoms with Crippen LogP contribution in [0.3, 0.4) is 0 Å². The number of rotatable bonds is 6. The van der Waals surface area contributed by atoms with Crippen LogP contribution >= 0.6 is 0 Å². The van der Waals surface area contributed by atoms with Crippen molar-refractivity contribution in [1.82, 2.24) is 24.6 Å². The molecule has 2 aromatic carbocycles.